The predicted molar refractivity (Wildman–Crippen MR) is 123 cm³/mol. The minimum atomic E-state index is -1.86. The minimum Gasteiger partial charge on any atom is -0.478 e. The zero-order chi connectivity index (χ0) is 26.3. The summed E-state index contributed by atoms with van der Waals surface area (Å²) >= 11 is 0. The lowest BCUT2D eigenvalue weighted by atomic mass is 9.77. The van der Waals surface area contributed by atoms with Crippen LogP contribution in [0.1, 0.15) is 24.1 Å². The van der Waals surface area contributed by atoms with Gasteiger partial charge in [0.25, 0.3) is 0 Å². The monoisotopic (exact) mass is 501 g/mol. The number of hydrazine groups is 1. The second-order valence-corrected chi connectivity index (χ2v) is 7.60. The summed E-state index contributed by atoms with van der Waals surface area (Å²) in [5.41, 5.74) is 0.983. The Morgan fingerprint density at radius 1 is 1.22 bits per heavy atom. The summed E-state index contributed by atoms with van der Waals surface area (Å²) in [7, 11) is 0. The van der Waals surface area contributed by atoms with Crippen LogP contribution in [-0.2, 0) is 10.4 Å². The second-order valence-electron chi connectivity index (χ2n) is 7.60. The third-order valence-corrected chi connectivity index (χ3v) is 5.37. The van der Waals surface area contributed by atoms with E-state index in [1.54, 1.807) is 6.92 Å². The van der Waals surface area contributed by atoms with Crippen molar-refractivity contribution in [2.24, 2.45) is 4.99 Å². The van der Waals surface area contributed by atoms with Gasteiger partial charge in [-0.05, 0) is 17.7 Å². The van der Waals surface area contributed by atoms with E-state index in [0.29, 0.717) is 6.67 Å². The van der Waals surface area contributed by atoms with Crippen LogP contribution in [0.15, 0.2) is 60.9 Å². The maximum absolute atomic E-state index is 14.5. The Morgan fingerprint density at radius 2 is 1.89 bits per heavy atom. The Morgan fingerprint density at radius 3 is 2.47 bits per heavy atom. The van der Waals surface area contributed by atoms with E-state index in [0.717, 1.165) is 36.9 Å². The number of benzene rings is 1. The SMILES string of the molecule is C=CC(=O)O.C[C@@H](c1ncncc1F)[C@](O)(CN1C=NCN1)c1ccc(F)cc1-c1ncncc1F. The van der Waals surface area contributed by atoms with E-state index in [1.807, 2.05) is 0 Å². The molecule has 0 radical (unpaired) electrons. The molecule has 1 aliphatic rings. The quantitative estimate of drug-likeness (QED) is 0.417. The summed E-state index contributed by atoms with van der Waals surface area (Å²) in [6.45, 7) is 4.71. The smallest absolute Gasteiger partial charge is 0.327 e. The maximum Gasteiger partial charge on any atom is 0.327 e. The number of aliphatic hydroxyl groups is 1. The summed E-state index contributed by atoms with van der Waals surface area (Å²) in [5.74, 6) is -4.09. The summed E-state index contributed by atoms with van der Waals surface area (Å²) < 4.78 is 43.2. The van der Waals surface area contributed by atoms with E-state index in [4.69, 9.17) is 5.11 Å². The second kappa shape index (κ2) is 11.5. The fourth-order valence-corrected chi connectivity index (χ4v) is 3.59. The molecule has 2 atom stereocenters. The lowest BCUT2D eigenvalue weighted by molar-refractivity contribution is -0.131. The first-order valence-electron chi connectivity index (χ1n) is 10.5. The Kier molecular flexibility index (Phi) is 8.40. The van der Waals surface area contributed by atoms with Crippen LogP contribution in [0.5, 0.6) is 0 Å². The number of β-amino-alcohol motifs (C(OH)–C–C–N with tert-alkyl or cyclic N) is 1. The molecule has 36 heavy (non-hydrogen) atoms. The van der Waals surface area contributed by atoms with Crippen molar-refractivity contribution in [2.75, 3.05) is 13.2 Å². The van der Waals surface area contributed by atoms with Crippen molar-refractivity contribution in [3.63, 3.8) is 0 Å². The molecule has 188 valence electrons. The topological polar surface area (TPSA) is 137 Å². The third kappa shape index (κ3) is 5.87. The van der Waals surface area contributed by atoms with E-state index < -0.39 is 34.9 Å². The Hall–Kier alpha value is -4.23. The van der Waals surface area contributed by atoms with Gasteiger partial charge < -0.3 is 10.2 Å². The molecular formula is C23H22F3N7O3. The number of nitrogens with one attached hydrogen (secondary N) is 1. The van der Waals surface area contributed by atoms with Gasteiger partial charge in [0.2, 0.25) is 0 Å². The van der Waals surface area contributed by atoms with Crippen molar-refractivity contribution in [1.29, 1.82) is 0 Å². The lowest BCUT2D eigenvalue weighted by Crippen LogP contribution is -2.47. The van der Waals surface area contributed by atoms with Crippen LogP contribution in [0.25, 0.3) is 11.3 Å². The number of rotatable bonds is 7. The first kappa shape index (κ1) is 26.4. The zero-order valence-electron chi connectivity index (χ0n) is 19.0. The number of hydrogen-bond acceptors (Lipinski definition) is 9. The first-order chi connectivity index (χ1) is 17.2. The van der Waals surface area contributed by atoms with Gasteiger partial charge in [-0.15, -0.1) is 0 Å². The number of aliphatic imine (C=N–C) groups is 1. The number of carboxylic acid groups (broad SMARTS) is 1. The van der Waals surface area contributed by atoms with Gasteiger partial charge in [-0.1, -0.05) is 19.6 Å². The average Bonchev–Trinajstić information content (AvgIpc) is 3.37. The number of hydrogen-bond donors (Lipinski definition) is 3. The molecule has 4 rings (SSSR count). The lowest BCUT2D eigenvalue weighted by Gasteiger charge is -2.38. The minimum absolute atomic E-state index is 0.0138. The van der Waals surface area contributed by atoms with Crippen LogP contribution in [0.3, 0.4) is 0 Å². The van der Waals surface area contributed by atoms with Crippen molar-refractivity contribution < 1.29 is 28.2 Å². The molecule has 0 amide bonds. The van der Waals surface area contributed by atoms with Gasteiger partial charge in [0.05, 0.1) is 24.6 Å². The highest BCUT2D eigenvalue weighted by Gasteiger charge is 2.43. The molecule has 0 bridgehead atoms. The molecule has 0 saturated carbocycles. The van der Waals surface area contributed by atoms with Crippen LogP contribution < -0.4 is 5.43 Å². The number of aromatic nitrogens is 4. The molecule has 0 fully saturated rings. The summed E-state index contributed by atoms with van der Waals surface area (Å²) in [6.07, 6.45) is 6.53. The molecule has 1 aromatic carbocycles. The van der Waals surface area contributed by atoms with Gasteiger partial charge in [-0.2, -0.15) is 0 Å². The molecule has 2 aromatic heterocycles. The predicted octanol–water partition coefficient (Wildman–Crippen LogP) is 2.41. The summed E-state index contributed by atoms with van der Waals surface area (Å²) in [6, 6.07) is 3.53. The molecule has 3 aromatic rings. The molecular weight excluding hydrogens is 479 g/mol. The highest BCUT2D eigenvalue weighted by molar-refractivity contribution is 5.78. The standard InChI is InChI=1S/C20H18F3N7O.C3H4O2/c1-12(18-16(22)5-24-8-27-18)20(31,7-30-11-26-10-29-30)15-3-2-13(21)4-14(15)19-17(23)6-25-9-28-19;1-2-3(4)5/h2-6,8-9,11-12,29,31H,7,10H2,1H3;2H,1H2,(H,4,5)/t12-,20+;/m0./s1. The summed E-state index contributed by atoms with van der Waals surface area (Å²) in [4.78, 5) is 28.5. The first-order valence-corrected chi connectivity index (χ1v) is 10.5. The van der Waals surface area contributed by atoms with Crippen LogP contribution in [-0.4, -0.2) is 60.7 Å². The third-order valence-electron chi connectivity index (χ3n) is 5.37. The molecule has 1 aliphatic heterocycles. The van der Waals surface area contributed by atoms with Crippen LogP contribution >= 0.6 is 0 Å². The molecule has 10 nitrogen and oxygen atoms in total. The van der Waals surface area contributed by atoms with E-state index in [1.165, 1.54) is 23.7 Å². The van der Waals surface area contributed by atoms with Gasteiger partial charge in [-0.25, -0.2) is 43.3 Å². The molecule has 0 unspecified atom stereocenters. The molecule has 0 saturated heterocycles. The normalized spacial score (nSPS) is 15.0. The van der Waals surface area contributed by atoms with Gasteiger partial charge in [-0.3, -0.25) is 10.0 Å². The Bertz CT molecular complexity index is 1280. The van der Waals surface area contributed by atoms with Gasteiger partial charge in [0.15, 0.2) is 11.6 Å². The number of carboxylic acids is 1. The van der Waals surface area contributed by atoms with Crippen molar-refractivity contribution in [3.8, 4) is 11.3 Å². The number of carbonyl (C=O) groups is 1. The number of aliphatic carboxylic acids is 1. The van der Waals surface area contributed by atoms with Gasteiger partial charge in [0.1, 0.15) is 42.8 Å². The highest BCUT2D eigenvalue weighted by Crippen LogP contribution is 2.42. The van der Waals surface area contributed by atoms with Crippen molar-refractivity contribution in [2.45, 2.75) is 18.4 Å². The van der Waals surface area contributed by atoms with Crippen LogP contribution in [0.2, 0.25) is 0 Å². The van der Waals surface area contributed by atoms with Gasteiger partial charge >= 0.3 is 5.97 Å². The van der Waals surface area contributed by atoms with Gasteiger partial charge in [0, 0.05) is 17.6 Å². The maximum atomic E-state index is 14.5. The van der Waals surface area contributed by atoms with E-state index in [2.05, 4.69) is 36.9 Å². The van der Waals surface area contributed by atoms with Crippen LogP contribution in [0, 0.1) is 17.5 Å². The summed E-state index contributed by atoms with van der Waals surface area (Å²) in [5, 5.41) is 21.1. The fourth-order valence-electron chi connectivity index (χ4n) is 3.59. The fraction of sp³-hybridized carbons (Fsp3) is 0.217. The molecule has 3 N–H and O–H groups in total. The van der Waals surface area contributed by atoms with Crippen molar-refractivity contribution >= 4 is 12.3 Å². The van der Waals surface area contributed by atoms with E-state index in [9.17, 15) is 23.1 Å². The molecule has 13 heteroatoms. The largest absolute Gasteiger partial charge is 0.478 e. The number of halogens is 3. The zero-order valence-corrected chi connectivity index (χ0v) is 19.0. The molecule has 3 heterocycles. The average molecular weight is 501 g/mol. The van der Waals surface area contributed by atoms with E-state index >= 15 is 0 Å². The number of nitrogens with zero attached hydrogens (tertiary/aromatic N) is 6. The highest BCUT2D eigenvalue weighted by atomic mass is 19.1. The molecule has 0 aliphatic carbocycles. The van der Waals surface area contributed by atoms with Crippen LogP contribution in [0.4, 0.5) is 13.2 Å². The Balaban J connectivity index is 0.000000658. The Labute approximate surface area is 203 Å². The molecule has 0 spiro atoms. The van der Waals surface area contributed by atoms with Crippen molar-refractivity contribution in [1.82, 2.24) is 30.4 Å². The van der Waals surface area contributed by atoms with E-state index in [-0.39, 0.29) is 29.1 Å². The van der Waals surface area contributed by atoms with Crippen molar-refractivity contribution in [3.05, 3.63) is 84.6 Å².